The Hall–Kier alpha value is -3.29. The van der Waals surface area contributed by atoms with Gasteiger partial charge in [0.2, 0.25) is 11.7 Å². The molecular weight excluding hydrogens is 368 g/mol. The number of amides is 1. The first-order chi connectivity index (χ1) is 14.1. The maximum Gasteiger partial charge on any atom is 0.253 e. The second-order valence-corrected chi connectivity index (χ2v) is 7.48. The molecule has 0 saturated carbocycles. The maximum absolute atomic E-state index is 12.8. The fourth-order valence-electron chi connectivity index (χ4n) is 3.53. The smallest absolute Gasteiger partial charge is 0.253 e. The van der Waals surface area contributed by atoms with Crippen LogP contribution in [0.4, 0.5) is 5.69 Å². The van der Waals surface area contributed by atoms with Crippen molar-refractivity contribution in [2.75, 3.05) is 32.1 Å². The van der Waals surface area contributed by atoms with Crippen LogP contribution in [0.2, 0.25) is 0 Å². The molecule has 1 aliphatic heterocycles. The Balaban J connectivity index is 1.31. The molecule has 150 valence electrons. The van der Waals surface area contributed by atoms with Crippen LogP contribution < -0.4 is 4.90 Å². The number of piperidine rings is 1. The van der Waals surface area contributed by atoms with E-state index in [1.54, 1.807) is 18.6 Å². The standard InChI is InChI=1S/C21H24N6O2/c1-26(2)17-5-3-16(4-6-17)21(28)27-11-7-15(8-12-27)13-19-24-20(25-29-19)18-14-22-9-10-23-18/h3-6,9-10,14-15H,7-8,11-13H2,1-2H3. The summed E-state index contributed by atoms with van der Waals surface area (Å²) in [6.45, 7) is 1.48. The maximum atomic E-state index is 12.8. The van der Waals surface area contributed by atoms with Crippen LogP contribution in [0.15, 0.2) is 47.4 Å². The van der Waals surface area contributed by atoms with Gasteiger partial charge in [-0.2, -0.15) is 4.98 Å². The summed E-state index contributed by atoms with van der Waals surface area (Å²) < 4.78 is 5.38. The minimum atomic E-state index is 0.0940. The lowest BCUT2D eigenvalue weighted by atomic mass is 9.93. The van der Waals surface area contributed by atoms with Gasteiger partial charge >= 0.3 is 0 Å². The van der Waals surface area contributed by atoms with E-state index in [-0.39, 0.29) is 5.91 Å². The van der Waals surface area contributed by atoms with Crippen LogP contribution in [0.3, 0.4) is 0 Å². The van der Waals surface area contributed by atoms with E-state index in [0.717, 1.165) is 37.2 Å². The van der Waals surface area contributed by atoms with E-state index in [9.17, 15) is 4.79 Å². The Labute approximate surface area is 169 Å². The monoisotopic (exact) mass is 392 g/mol. The second-order valence-electron chi connectivity index (χ2n) is 7.48. The highest BCUT2D eigenvalue weighted by Crippen LogP contribution is 2.24. The van der Waals surface area contributed by atoms with Crippen LogP contribution in [0.5, 0.6) is 0 Å². The average Bonchev–Trinajstić information content (AvgIpc) is 3.23. The van der Waals surface area contributed by atoms with Crippen LogP contribution in [0.1, 0.15) is 29.1 Å². The molecule has 3 heterocycles. The summed E-state index contributed by atoms with van der Waals surface area (Å²) in [5.74, 6) is 1.58. The Bertz CT molecular complexity index is 947. The van der Waals surface area contributed by atoms with E-state index in [1.807, 2.05) is 48.2 Å². The molecule has 29 heavy (non-hydrogen) atoms. The van der Waals surface area contributed by atoms with Crippen molar-refractivity contribution in [2.24, 2.45) is 5.92 Å². The molecule has 8 heteroatoms. The number of benzene rings is 1. The van der Waals surface area contributed by atoms with Gasteiger partial charge in [-0.15, -0.1) is 0 Å². The summed E-state index contributed by atoms with van der Waals surface area (Å²) in [5.41, 5.74) is 2.42. The zero-order valence-corrected chi connectivity index (χ0v) is 16.7. The summed E-state index contributed by atoms with van der Waals surface area (Å²) in [5, 5.41) is 4.00. The number of hydrogen-bond donors (Lipinski definition) is 0. The third kappa shape index (κ3) is 4.42. The number of carbonyl (C=O) groups excluding carboxylic acids is 1. The molecule has 1 aliphatic rings. The van der Waals surface area contributed by atoms with Crippen molar-refractivity contribution in [2.45, 2.75) is 19.3 Å². The molecule has 1 fully saturated rings. The first-order valence-electron chi connectivity index (χ1n) is 9.76. The van der Waals surface area contributed by atoms with Crippen molar-refractivity contribution < 1.29 is 9.32 Å². The molecular formula is C21H24N6O2. The van der Waals surface area contributed by atoms with Crippen molar-refractivity contribution in [3.8, 4) is 11.5 Å². The minimum absolute atomic E-state index is 0.0940. The van der Waals surface area contributed by atoms with Crippen LogP contribution in [-0.2, 0) is 6.42 Å². The molecule has 0 atom stereocenters. The first-order valence-corrected chi connectivity index (χ1v) is 9.76. The highest BCUT2D eigenvalue weighted by molar-refractivity contribution is 5.94. The molecule has 8 nitrogen and oxygen atoms in total. The van der Waals surface area contributed by atoms with E-state index in [0.29, 0.717) is 29.7 Å². The fourth-order valence-corrected chi connectivity index (χ4v) is 3.53. The molecule has 0 unspecified atom stereocenters. The van der Waals surface area contributed by atoms with Crippen LogP contribution >= 0.6 is 0 Å². The predicted octanol–water partition coefficient (Wildman–Crippen LogP) is 2.69. The first kappa shape index (κ1) is 19.0. The highest BCUT2D eigenvalue weighted by atomic mass is 16.5. The van der Waals surface area contributed by atoms with E-state index >= 15 is 0 Å². The average molecular weight is 392 g/mol. The van der Waals surface area contributed by atoms with Gasteiger partial charge in [-0.05, 0) is 43.0 Å². The highest BCUT2D eigenvalue weighted by Gasteiger charge is 2.25. The molecule has 1 saturated heterocycles. The quantitative estimate of drug-likeness (QED) is 0.659. The number of likely N-dealkylation sites (tertiary alicyclic amines) is 1. The van der Waals surface area contributed by atoms with E-state index < -0.39 is 0 Å². The van der Waals surface area contributed by atoms with Gasteiger partial charge in [0.05, 0.1) is 6.20 Å². The van der Waals surface area contributed by atoms with E-state index in [1.165, 1.54) is 0 Å². The van der Waals surface area contributed by atoms with Gasteiger partial charge in [-0.3, -0.25) is 9.78 Å². The molecule has 0 aliphatic carbocycles. The summed E-state index contributed by atoms with van der Waals surface area (Å²) >= 11 is 0. The Morgan fingerprint density at radius 2 is 1.93 bits per heavy atom. The number of carbonyl (C=O) groups is 1. The summed E-state index contributed by atoms with van der Waals surface area (Å²) in [4.78, 5) is 29.4. The van der Waals surface area contributed by atoms with E-state index in [2.05, 4.69) is 20.1 Å². The van der Waals surface area contributed by atoms with Crippen molar-refractivity contribution in [1.82, 2.24) is 25.0 Å². The van der Waals surface area contributed by atoms with Crippen LogP contribution in [0, 0.1) is 5.92 Å². The van der Waals surface area contributed by atoms with Crippen molar-refractivity contribution in [3.63, 3.8) is 0 Å². The molecule has 2 aromatic heterocycles. The normalized spacial score (nSPS) is 14.8. The van der Waals surface area contributed by atoms with Crippen molar-refractivity contribution >= 4 is 11.6 Å². The number of hydrogen-bond acceptors (Lipinski definition) is 7. The Kier molecular flexibility index (Phi) is 5.50. The molecule has 0 bridgehead atoms. The van der Waals surface area contributed by atoms with E-state index in [4.69, 9.17) is 4.52 Å². The summed E-state index contributed by atoms with van der Waals surface area (Å²) in [6.07, 6.45) is 7.38. The molecule has 0 radical (unpaired) electrons. The van der Waals surface area contributed by atoms with Gasteiger partial charge in [0.1, 0.15) is 5.69 Å². The van der Waals surface area contributed by atoms with Gasteiger partial charge in [0.25, 0.3) is 5.91 Å². The largest absolute Gasteiger partial charge is 0.378 e. The van der Waals surface area contributed by atoms with Gasteiger partial charge in [0, 0.05) is 57.3 Å². The van der Waals surface area contributed by atoms with Gasteiger partial charge in [-0.25, -0.2) is 4.98 Å². The minimum Gasteiger partial charge on any atom is -0.378 e. The van der Waals surface area contributed by atoms with Crippen LogP contribution in [0.25, 0.3) is 11.5 Å². The fraction of sp³-hybridized carbons (Fsp3) is 0.381. The number of anilines is 1. The molecule has 0 spiro atoms. The zero-order valence-electron chi connectivity index (χ0n) is 16.7. The SMILES string of the molecule is CN(C)c1ccc(C(=O)N2CCC(Cc3nc(-c4cnccn4)no3)CC2)cc1. The Morgan fingerprint density at radius 3 is 2.59 bits per heavy atom. The molecule has 4 rings (SSSR count). The van der Waals surface area contributed by atoms with Crippen molar-refractivity contribution in [3.05, 3.63) is 54.3 Å². The third-order valence-corrected chi connectivity index (χ3v) is 5.26. The molecule has 3 aromatic rings. The lowest BCUT2D eigenvalue weighted by Gasteiger charge is -2.31. The molecule has 0 N–H and O–H groups in total. The third-order valence-electron chi connectivity index (χ3n) is 5.26. The summed E-state index contributed by atoms with van der Waals surface area (Å²) in [7, 11) is 3.97. The Morgan fingerprint density at radius 1 is 1.17 bits per heavy atom. The summed E-state index contributed by atoms with van der Waals surface area (Å²) in [6, 6.07) is 7.75. The van der Waals surface area contributed by atoms with Crippen molar-refractivity contribution in [1.29, 1.82) is 0 Å². The van der Waals surface area contributed by atoms with Gasteiger partial charge < -0.3 is 14.3 Å². The second kappa shape index (κ2) is 8.38. The lowest BCUT2D eigenvalue weighted by molar-refractivity contribution is 0.0687. The molecule has 1 aromatic carbocycles. The number of rotatable bonds is 5. The molecule has 1 amide bonds. The predicted molar refractivity (Wildman–Crippen MR) is 108 cm³/mol. The van der Waals surface area contributed by atoms with Gasteiger partial charge in [0.15, 0.2) is 0 Å². The topological polar surface area (TPSA) is 88.3 Å². The van der Waals surface area contributed by atoms with Crippen LogP contribution in [-0.4, -0.2) is 58.1 Å². The number of nitrogens with zero attached hydrogens (tertiary/aromatic N) is 6. The lowest BCUT2D eigenvalue weighted by Crippen LogP contribution is -2.38. The number of aromatic nitrogens is 4. The van der Waals surface area contributed by atoms with Gasteiger partial charge in [-0.1, -0.05) is 5.16 Å². The zero-order chi connectivity index (χ0) is 20.2.